The average Bonchev–Trinajstić information content (AvgIpc) is 2.68. The van der Waals surface area contributed by atoms with Crippen LogP contribution in [-0.2, 0) is 4.79 Å². The molecule has 0 fully saturated rings. The Morgan fingerprint density at radius 2 is 1.61 bits per heavy atom. The van der Waals surface area contributed by atoms with Crippen LogP contribution in [0.3, 0.4) is 0 Å². The molecule has 28 heavy (non-hydrogen) atoms. The number of hydrogen-bond acceptors (Lipinski definition) is 3. The second-order valence-electron chi connectivity index (χ2n) is 5.81. The molecule has 3 rings (SSSR count). The Morgan fingerprint density at radius 3 is 2.32 bits per heavy atom. The number of hydrogen-bond donors (Lipinski definition) is 2. The van der Waals surface area contributed by atoms with Crippen molar-refractivity contribution in [3.63, 3.8) is 0 Å². The summed E-state index contributed by atoms with van der Waals surface area (Å²) in [5, 5.41) is 6.42. The molecule has 0 bridgehead atoms. The highest BCUT2D eigenvalue weighted by molar-refractivity contribution is 6.33. The van der Waals surface area contributed by atoms with Gasteiger partial charge in [0, 0.05) is 16.3 Å². The van der Waals surface area contributed by atoms with Crippen molar-refractivity contribution in [2.75, 3.05) is 17.2 Å². The quantitative estimate of drug-likeness (QED) is 0.577. The fourth-order valence-corrected chi connectivity index (χ4v) is 2.75. The third-order valence-corrected chi connectivity index (χ3v) is 4.28. The van der Waals surface area contributed by atoms with Gasteiger partial charge in [0.2, 0.25) is 0 Å². The van der Waals surface area contributed by atoms with E-state index < -0.39 is 0 Å². The summed E-state index contributed by atoms with van der Waals surface area (Å²) in [5.41, 5.74) is 1.57. The first-order chi connectivity index (χ1) is 13.5. The summed E-state index contributed by atoms with van der Waals surface area (Å²) in [6.07, 6.45) is 0. The van der Waals surface area contributed by atoms with Crippen molar-refractivity contribution in [1.82, 2.24) is 0 Å². The van der Waals surface area contributed by atoms with Gasteiger partial charge in [-0.15, -0.1) is 0 Å². The van der Waals surface area contributed by atoms with Crippen molar-refractivity contribution < 1.29 is 14.3 Å². The van der Waals surface area contributed by atoms with Crippen LogP contribution in [-0.4, -0.2) is 18.4 Å². The van der Waals surface area contributed by atoms with E-state index >= 15 is 0 Å². The van der Waals surface area contributed by atoms with Gasteiger partial charge in [0.15, 0.2) is 6.61 Å². The number of benzene rings is 3. The number of ether oxygens (including phenoxy) is 1. The molecule has 0 saturated carbocycles. The fraction of sp³-hybridized carbons (Fsp3) is 0.0476. The number of amides is 2. The van der Waals surface area contributed by atoms with Crippen molar-refractivity contribution >= 4 is 46.4 Å². The topological polar surface area (TPSA) is 67.4 Å². The molecule has 0 aromatic heterocycles. The van der Waals surface area contributed by atoms with Crippen molar-refractivity contribution in [1.29, 1.82) is 0 Å². The lowest BCUT2D eigenvalue weighted by Gasteiger charge is -2.09. The Balaban J connectivity index is 1.53. The van der Waals surface area contributed by atoms with Crippen molar-refractivity contribution in [3.05, 3.63) is 88.4 Å². The largest absolute Gasteiger partial charge is 0.484 e. The third-order valence-electron chi connectivity index (χ3n) is 3.72. The number of rotatable bonds is 6. The summed E-state index contributed by atoms with van der Waals surface area (Å²) in [6, 6.07) is 20.3. The van der Waals surface area contributed by atoms with Crippen LogP contribution in [0, 0.1) is 0 Å². The highest BCUT2D eigenvalue weighted by Gasteiger charge is 2.09. The smallest absolute Gasteiger partial charge is 0.262 e. The van der Waals surface area contributed by atoms with E-state index in [0.29, 0.717) is 32.7 Å². The number of nitrogens with one attached hydrogen (secondary N) is 2. The molecule has 0 saturated heterocycles. The number of para-hydroxylation sites is 1. The maximum Gasteiger partial charge on any atom is 0.262 e. The summed E-state index contributed by atoms with van der Waals surface area (Å²) in [7, 11) is 0. The molecule has 0 atom stereocenters. The molecule has 0 aliphatic heterocycles. The van der Waals surface area contributed by atoms with Gasteiger partial charge in [-0.3, -0.25) is 9.59 Å². The van der Waals surface area contributed by atoms with E-state index in [2.05, 4.69) is 10.6 Å². The summed E-state index contributed by atoms with van der Waals surface area (Å²) >= 11 is 11.9. The third kappa shape index (κ3) is 5.49. The Morgan fingerprint density at radius 1 is 0.857 bits per heavy atom. The molecule has 0 spiro atoms. The lowest BCUT2D eigenvalue weighted by atomic mass is 10.2. The normalized spacial score (nSPS) is 10.2. The predicted octanol–water partition coefficient (Wildman–Crippen LogP) is 5.26. The van der Waals surface area contributed by atoms with Gasteiger partial charge < -0.3 is 15.4 Å². The lowest BCUT2D eigenvalue weighted by molar-refractivity contribution is -0.118. The number of anilines is 2. The Labute approximate surface area is 172 Å². The maximum absolute atomic E-state index is 12.3. The Bertz CT molecular complexity index is 991. The van der Waals surface area contributed by atoms with Crippen molar-refractivity contribution in [2.45, 2.75) is 0 Å². The van der Waals surface area contributed by atoms with E-state index in [4.69, 9.17) is 27.9 Å². The number of carbonyl (C=O) groups is 2. The molecule has 2 N–H and O–H groups in total. The minimum atomic E-state index is -0.317. The summed E-state index contributed by atoms with van der Waals surface area (Å²) < 4.78 is 5.44. The lowest BCUT2D eigenvalue weighted by Crippen LogP contribution is -2.20. The highest BCUT2D eigenvalue weighted by atomic mass is 35.5. The van der Waals surface area contributed by atoms with Crippen LogP contribution in [0.25, 0.3) is 0 Å². The van der Waals surface area contributed by atoms with Crippen LogP contribution in [0.15, 0.2) is 72.8 Å². The maximum atomic E-state index is 12.3. The first-order valence-electron chi connectivity index (χ1n) is 8.35. The standard InChI is InChI=1S/C21H16Cl2N2O3/c22-15-4-3-5-16(12-15)24-20(26)13-28-17-10-8-14(9-11-17)21(27)25-19-7-2-1-6-18(19)23/h1-12H,13H2,(H,24,26)(H,25,27). The van der Waals surface area contributed by atoms with Crippen molar-refractivity contribution in [3.8, 4) is 5.75 Å². The van der Waals surface area contributed by atoms with Crippen molar-refractivity contribution in [2.24, 2.45) is 0 Å². The van der Waals surface area contributed by atoms with Gasteiger partial charge in [-0.1, -0.05) is 41.4 Å². The second-order valence-corrected chi connectivity index (χ2v) is 6.65. The van der Waals surface area contributed by atoms with Gasteiger partial charge in [0.05, 0.1) is 10.7 Å². The number of carbonyl (C=O) groups excluding carboxylic acids is 2. The molecule has 7 heteroatoms. The molecule has 0 aliphatic carbocycles. The molecular formula is C21H16Cl2N2O3. The van der Waals surface area contributed by atoms with E-state index in [-0.39, 0.29) is 18.4 Å². The first kappa shape index (κ1) is 19.7. The van der Waals surface area contributed by atoms with E-state index in [1.165, 1.54) is 0 Å². The van der Waals surface area contributed by atoms with Crippen LogP contribution >= 0.6 is 23.2 Å². The number of halogens is 2. The molecule has 0 radical (unpaired) electrons. The van der Waals surface area contributed by atoms with Crippen LogP contribution in [0.5, 0.6) is 5.75 Å². The summed E-state index contributed by atoms with van der Waals surface area (Å²) in [4.78, 5) is 24.2. The zero-order chi connectivity index (χ0) is 19.9. The average molecular weight is 415 g/mol. The van der Waals surface area contributed by atoms with E-state index in [9.17, 15) is 9.59 Å². The minimum absolute atomic E-state index is 0.169. The zero-order valence-electron chi connectivity index (χ0n) is 14.6. The Kier molecular flexibility index (Phi) is 6.53. The second kappa shape index (κ2) is 9.26. The van der Waals surface area contributed by atoms with Gasteiger partial charge in [-0.2, -0.15) is 0 Å². The first-order valence-corrected chi connectivity index (χ1v) is 9.11. The molecular weight excluding hydrogens is 399 g/mol. The van der Waals surface area contributed by atoms with Crippen LogP contribution in [0.2, 0.25) is 10.0 Å². The van der Waals surface area contributed by atoms with Crippen LogP contribution in [0.4, 0.5) is 11.4 Å². The molecule has 5 nitrogen and oxygen atoms in total. The van der Waals surface area contributed by atoms with E-state index in [1.807, 2.05) is 0 Å². The van der Waals surface area contributed by atoms with Gasteiger partial charge in [-0.05, 0) is 54.6 Å². The molecule has 142 valence electrons. The monoisotopic (exact) mass is 414 g/mol. The molecule has 0 unspecified atom stereocenters. The minimum Gasteiger partial charge on any atom is -0.484 e. The summed E-state index contributed by atoms with van der Waals surface area (Å²) in [5.74, 6) is -0.142. The zero-order valence-corrected chi connectivity index (χ0v) is 16.1. The van der Waals surface area contributed by atoms with E-state index in [1.54, 1.807) is 72.8 Å². The predicted molar refractivity (Wildman–Crippen MR) is 111 cm³/mol. The van der Waals surface area contributed by atoms with Gasteiger partial charge >= 0.3 is 0 Å². The Hall–Kier alpha value is -3.02. The van der Waals surface area contributed by atoms with Gasteiger partial charge in [0.1, 0.15) is 5.75 Å². The molecule has 2 amide bonds. The van der Waals surface area contributed by atoms with Crippen LogP contribution in [0.1, 0.15) is 10.4 Å². The fourth-order valence-electron chi connectivity index (χ4n) is 2.37. The van der Waals surface area contributed by atoms with Gasteiger partial charge in [-0.25, -0.2) is 0 Å². The molecule has 0 aliphatic rings. The molecule has 0 heterocycles. The molecule has 3 aromatic rings. The summed E-state index contributed by atoms with van der Waals surface area (Å²) in [6.45, 7) is -0.169. The SMILES string of the molecule is O=C(COc1ccc(C(=O)Nc2ccccc2Cl)cc1)Nc1cccc(Cl)c1. The molecule has 3 aromatic carbocycles. The van der Waals surface area contributed by atoms with Gasteiger partial charge in [0.25, 0.3) is 11.8 Å². The van der Waals surface area contributed by atoms with Crippen LogP contribution < -0.4 is 15.4 Å². The highest BCUT2D eigenvalue weighted by Crippen LogP contribution is 2.22. The van der Waals surface area contributed by atoms with E-state index in [0.717, 1.165) is 0 Å².